The van der Waals surface area contributed by atoms with Crippen LogP contribution < -0.4 is 4.90 Å². The molecule has 0 bridgehead atoms. The van der Waals surface area contributed by atoms with Crippen LogP contribution in [-0.2, 0) is 9.59 Å². The summed E-state index contributed by atoms with van der Waals surface area (Å²) < 4.78 is 1.40. The molecule has 3 rings (SSSR count). The number of amides is 2. The average Bonchev–Trinajstić information content (AvgIpc) is 2.93. The third-order valence-corrected chi connectivity index (χ3v) is 5.86. The largest absolute Gasteiger partial charge is 0.308 e. The number of likely N-dealkylation sites (N-methyl/N-ethyl adjacent to an activating group) is 1. The van der Waals surface area contributed by atoms with Crippen LogP contribution >= 0.6 is 39.9 Å². The average molecular weight is 425 g/mol. The van der Waals surface area contributed by atoms with Gasteiger partial charge in [0.15, 0.2) is 0 Å². The summed E-state index contributed by atoms with van der Waals surface area (Å²) in [6, 6.07) is 5.71. The fraction of sp³-hybridized carbons (Fsp3) is 0.353. The van der Waals surface area contributed by atoms with Crippen LogP contribution in [0.2, 0.25) is 0 Å². The molecule has 7 heteroatoms. The van der Waals surface area contributed by atoms with Crippen LogP contribution in [0.4, 0.5) is 5.69 Å². The predicted octanol–water partition coefficient (Wildman–Crippen LogP) is 4.04. The first kappa shape index (κ1) is 17.6. The Bertz CT molecular complexity index is 789. The Morgan fingerprint density at radius 2 is 1.92 bits per heavy atom. The number of carbonyl (C=O) groups excluding carboxylic acids is 2. The molecule has 1 saturated heterocycles. The Hall–Kier alpha value is -1.18. The zero-order chi connectivity index (χ0) is 17.6. The lowest BCUT2D eigenvalue weighted by molar-refractivity contribution is -0.122. The van der Waals surface area contributed by atoms with E-state index in [0.717, 1.165) is 15.7 Å². The number of hydrogen-bond donors (Lipinski definition) is 0. The number of benzene rings is 1. The lowest BCUT2D eigenvalue weighted by Crippen LogP contribution is -2.32. The van der Waals surface area contributed by atoms with Gasteiger partial charge in [0.05, 0.1) is 16.2 Å². The highest BCUT2D eigenvalue weighted by Crippen LogP contribution is 2.45. The molecule has 0 saturated carbocycles. The van der Waals surface area contributed by atoms with Crippen LogP contribution in [-0.4, -0.2) is 34.1 Å². The summed E-state index contributed by atoms with van der Waals surface area (Å²) in [7, 11) is 0. The fourth-order valence-electron chi connectivity index (χ4n) is 2.91. The van der Waals surface area contributed by atoms with Crippen molar-refractivity contribution in [3.63, 3.8) is 0 Å². The number of thioether (sulfide) groups is 1. The van der Waals surface area contributed by atoms with Gasteiger partial charge in [-0.3, -0.25) is 14.5 Å². The van der Waals surface area contributed by atoms with E-state index >= 15 is 0 Å². The van der Waals surface area contributed by atoms with Gasteiger partial charge in [0, 0.05) is 23.1 Å². The molecule has 0 spiro atoms. The monoisotopic (exact) mass is 424 g/mol. The minimum absolute atomic E-state index is 0.129. The summed E-state index contributed by atoms with van der Waals surface area (Å²) in [5.74, 6) is 0.0197. The third kappa shape index (κ3) is 2.82. The van der Waals surface area contributed by atoms with E-state index in [2.05, 4.69) is 15.9 Å². The maximum atomic E-state index is 12.9. The predicted molar refractivity (Wildman–Crippen MR) is 106 cm³/mol. The van der Waals surface area contributed by atoms with Crippen LogP contribution in [0.1, 0.15) is 26.3 Å². The fourth-order valence-corrected chi connectivity index (χ4v) is 4.62. The quantitative estimate of drug-likeness (QED) is 0.542. The number of thiocarbonyl (C=S) groups is 1. The first-order valence-corrected chi connectivity index (χ1v) is 9.76. The number of halogens is 1. The smallest absolute Gasteiger partial charge is 0.267 e. The van der Waals surface area contributed by atoms with Crippen LogP contribution in [0.25, 0.3) is 5.57 Å². The van der Waals surface area contributed by atoms with Gasteiger partial charge in [-0.2, -0.15) is 0 Å². The Kier molecular flexibility index (Phi) is 4.86. The maximum absolute atomic E-state index is 12.9. The highest BCUT2D eigenvalue weighted by molar-refractivity contribution is 9.10. The zero-order valence-corrected chi connectivity index (χ0v) is 16.8. The van der Waals surface area contributed by atoms with E-state index in [1.54, 1.807) is 9.80 Å². The van der Waals surface area contributed by atoms with Crippen molar-refractivity contribution in [2.45, 2.75) is 20.8 Å². The van der Waals surface area contributed by atoms with Crippen LogP contribution in [0.15, 0.2) is 27.6 Å². The van der Waals surface area contributed by atoms with E-state index in [4.69, 9.17) is 12.2 Å². The molecule has 2 heterocycles. The summed E-state index contributed by atoms with van der Waals surface area (Å²) in [6.07, 6.45) is 0. The van der Waals surface area contributed by atoms with Gasteiger partial charge in [0.25, 0.3) is 11.8 Å². The van der Waals surface area contributed by atoms with Gasteiger partial charge in [-0.05, 0) is 31.0 Å². The molecule has 0 aromatic heterocycles. The van der Waals surface area contributed by atoms with Crippen molar-refractivity contribution in [3.8, 4) is 0 Å². The van der Waals surface area contributed by atoms with Gasteiger partial charge < -0.3 is 4.90 Å². The summed E-state index contributed by atoms with van der Waals surface area (Å²) in [5.41, 5.74) is 2.10. The SMILES string of the molecule is CCN1C(=O)/C(=C2\SC(=S)N(CC(C)C)C2=O)c2cc(Br)ccc21. The molecule has 4 nitrogen and oxygen atoms in total. The zero-order valence-electron chi connectivity index (χ0n) is 13.6. The minimum Gasteiger partial charge on any atom is -0.308 e. The first-order chi connectivity index (χ1) is 11.3. The van der Waals surface area contributed by atoms with Crippen molar-refractivity contribution in [1.82, 2.24) is 4.90 Å². The second kappa shape index (κ2) is 6.61. The van der Waals surface area contributed by atoms with E-state index in [1.165, 1.54) is 11.8 Å². The number of rotatable bonds is 3. The van der Waals surface area contributed by atoms with Crippen molar-refractivity contribution >= 4 is 67.3 Å². The van der Waals surface area contributed by atoms with Crippen molar-refractivity contribution in [2.75, 3.05) is 18.0 Å². The van der Waals surface area contributed by atoms with Crippen molar-refractivity contribution in [3.05, 3.63) is 33.1 Å². The molecule has 0 aliphatic carbocycles. The highest BCUT2D eigenvalue weighted by atomic mass is 79.9. The minimum atomic E-state index is -0.161. The van der Waals surface area contributed by atoms with E-state index in [0.29, 0.717) is 33.8 Å². The number of nitrogens with zero attached hydrogens (tertiary/aromatic N) is 2. The van der Waals surface area contributed by atoms with Crippen LogP contribution in [0.3, 0.4) is 0 Å². The molecule has 1 aromatic rings. The second-order valence-corrected chi connectivity index (χ2v) is 8.65. The van der Waals surface area contributed by atoms with E-state index < -0.39 is 0 Å². The molecule has 2 amide bonds. The molecule has 0 N–H and O–H groups in total. The Morgan fingerprint density at radius 1 is 1.21 bits per heavy atom. The number of anilines is 1. The molecular weight excluding hydrogens is 408 g/mol. The molecule has 0 atom stereocenters. The lowest BCUT2D eigenvalue weighted by atomic mass is 10.1. The lowest BCUT2D eigenvalue weighted by Gasteiger charge is -2.16. The molecule has 0 unspecified atom stereocenters. The van der Waals surface area contributed by atoms with Crippen molar-refractivity contribution in [1.29, 1.82) is 0 Å². The maximum Gasteiger partial charge on any atom is 0.267 e. The van der Waals surface area contributed by atoms with Gasteiger partial charge in [-0.1, -0.05) is 53.8 Å². The molecule has 24 heavy (non-hydrogen) atoms. The molecule has 126 valence electrons. The normalized spacial score (nSPS) is 20.6. The Balaban J connectivity index is 2.14. The highest BCUT2D eigenvalue weighted by Gasteiger charge is 2.41. The van der Waals surface area contributed by atoms with Crippen LogP contribution in [0, 0.1) is 5.92 Å². The summed E-state index contributed by atoms with van der Waals surface area (Å²) >= 11 is 10.1. The number of carbonyl (C=O) groups is 2. The molecule has 0 radical (unpaired) electrons. The van der Waals surface area contributed by atoms with Gasteiger partial charge in [-0.15, -0.1) is 0 Å². The van der Waals surface area contributed by atoms with Gasteiger partial charge in [-0.25, -0.2) is 0 Å². The number of hydrogen-bond acceptors (Lipinski definition) is 4. The van der Waals surface area contributed by atoms with Crippen LogP contribution in [0.5, 0.6) is 0 Å². The van der Waals surface area contributed by atoms with Crippen molar-refractivity contribution in [2.24, 2.45) is 5.92 Å². The third-order valence-electron chi connectivity index (χ3n) is 3.92. The second-order valence-electron chi connectivity index (χ2n) is 6.09. The molecule has 2 aliphatic heterocycles. The van der Waals surface area contributed by atoms with E-state index in [1.807, 2.05) is 39.0 Å². The first-order valence-electron chi connectivity index (χ1n) is 7.74. The van der Waals surface area contributed by atoms with E-state index in [-0.39, 0.29) is 11.8 Å². The summed E-state index contributed by atoms with van der Waals surface area (Å²) in [5, 5.41) is 0. The molecular formula is C17H17BrN2O2S2. The molecule has 1 aromatic carbocycles. The van der Waals surface area contributed by atoms with Gasteiger partial charge >= 0.3 is 0 Å². The molecule has 2 aliphatic rings. The van der Waals surface area contributed by atoms with E-state index in [9.17, 15) is 9.59 Å². The Morgan fingerprint density at radius 3 is 2.54 bits per heavy atom. The Labute approximate surface area is 159 Å². The summed E-state index contributed by atoms with van der Waals surface area (Å²) in [4.78, 5) is 29.5. The van der Waals surface area contributed by atoms with Gasteiger partial charge in [0.1, 0.15) is 4.32 Å². The summed E-state index contributed by atoms with van der Waals surface area (Å²) in [6.45, 7) is 7.13. The number of fused-ring (bicyclic) bond motifs is 1. The topological polar surface area (TPSA) is 40.6 Å². The van der Waals surface area contributed by atoms with Gasteiger partial charge in [0.2, 0.25) is 0 Å². The van der Waals surface area contributed by atoms with Crippen molar-refractivity contribution < 1.29 is 9.59 Å². The molecule has 1 fully saturated rings. The standard InChI is InChI=1S/C17H17BrN2O2S2/c1-4-19-12-6-5-10(18)7-11(12)13(15(19)21)14-16(22)20(8-9(2)3)17(23)24-14/h5-7,9H,4,8H2,1-3H3/b14-13-.